The molecule has 4 heteroatoms. The minimum absolute atomic E-state index is 0.105. The van der Waals surface area contributed by atoms with Crippen LogP contribution < -0.4 is 5.73 Å². The molecule has 0 aromatic heterocycles. The number of rotatable bonds is 4. The molecule has 2 N–H and O–H groups in total. The molecule has 0 aliphatic heterocycles. The highest BCUT2D eigenvalue weighted by molar-refractivity contribution is 6.30. The van der Waals surface area contributed by atoms with Gasteiger partial charge in [-0.25, -0.2) is 0 Å². The number of carbonyl (C=O) groups is 1. The van der Waals surface area contributed by atoms with E-state index in [9.17, 15) is 4.79 Å². The summed E-state index contributed by atoms with van der Waals surface area (Å²) >= 11 is 5.84. The maximum atomic E-state index is 12.3. The summed E-state index contributed by atoms with van der Waals surface area (Å²) in [6.07, 6.45) is 0. The Morgan fingerprint density at radius 1 is 1.15 bits per heavy atom. The van der Waals surface area contributed by atoms with Gasteiger partial charge in [0.15, 0.2) is 0 Å². The first-order chi connectivity index (χ1) is 9.58. The predicted molar refractivity (Wildman–Crippen MR) is 81.3 cm³/mol. The van der Waals surface area contributed by atoms with E-state index in [0.717, 1.165) is 11.1 Å². The maximum absolute atomic E-state index is 12.3. The fourth-order valence-electron chi connectivity index (χ4n) is 1.98. The van der Waals surface area contributed by atoms with Crippen LogP contribution in [0.25, 0.3) is 0 Å². The topological polar surface area (TPSA) is 46.3 Å². The fourth-order valence-corrected chi connectivity index (χ4v) is 2.11. The van der Waals surface area contributed by atoms with Gasteiger partial charge < -0.3 is 10.6 Å². The van der Waals surface area contributed by atoms with Crippen LogP contribution in [0.3, 0.4) is 0 Å². The molecule has 0 unspecified atom stereocenters. The Bertz CT molecular complexity index is 569. The van der Waals surface area contributed by atoms with Crippen LogP contribution in [0, 0.1) is 0 Å². The van der Waals surface area contributed by atoms with E-state index in [-0.39, 0.29) is 5.91 Å². The molecule has 0 aliphatic rings. The number of nitrogens with two attached hydrogens (primary N) is 1. The van der Waals surface area contributed by atoms with Gasteiger partial charge in [0.05, 0.1) is 0 Å². The molecule has 0 fully saturated rings. The second kappa shape index (κ2) is 6.55. The third-order valence-corrected chi connectivity index (χ3v) is 3.39. The number of carbonyl (C=O) groups excluding carboxylic acids is 1. The molecule has 1 amide bonds. The van der Waals surface area contributed by atoms with Gasteiger partial charge in [0.1, 0.15) is 6.04 Å². The Labute approximate surface area is 124 Å². The van der Waals surface area contributed by atoms with E-state index in [0.29, 0.717) is 11.6 Å². The lowest BCUT2D eigenvalue weighted by Gasteiger charge is -2.21. The van der Waals surface area contributed by atoms with E-state index in [1.807, 2.05) is 54.6 Å². The first-order valence-electron chi connectivity index (χ1n) is 6.38. The Balaban J connectivity index is 2.03. The first-order valence-corrected chi connectivity index (χ1v) is 6.75. The molecular weight excluding hydrogens is 272 g/mol. The van der Waals surface area contributed by atoms with Crippen molar-refractivity contribution >= 4 is 17.5 Å². The number of likely N-dealkylation sites (N-methyl/N-ethyl adjacent to an activating group) is 1. The van der Waals surface area contributed by atoms with Gasteiger partial charge in [-0.3, -0.25) is 4.79 Å². The molecule has 20 heavy (non-hydrogen) atoms. The van der Waals surface area contributed by atoms with Crippen molar-refractivity contribution in [1.82, 2.24) is 4.90 Å². The van der Waals surface area contributed by atoms with Crippen molar-refractivity contribution in [2.75, 3.05) is 7.05 Å². The van der Waals surface area contributed by atoms with Crippen molar-refractivity contribution < 1.29 is 4.79 Å². The molecular formula is C16H17ClN2O. The molecule has 0 saturated heterocycles. The Morgan fingerprint density at radius 2 is 1.75 bits per heavy atom. The van der Waals surface area contributed by atoms with Crippen LogP contribution in [0.4, 0.5) is 0 Å². The quantitative estimate of drug-likeness (QED) is 0.940. The molecule has 0 heterocycles. The van der Waals surface area contributed by atoms with Crippen LogP contribution in [0.15, 0.2) is 54.6 Å². The number of hydrogen-bond acceptors (Lipinski definition) is 2. The summed E-state index contributed by atoms with van der Waals surface area (Å²) in [5.74, 6) is -0.105. The van der Waals surface area contributed by atoms with Crippen LogP contribution in [0.5, 0.6) is 0 Å². The lowest BCUT2D eigenvalue weighted by molar-refractivity contribution is -0.131. The van der Waals surface area contributed by atoms with Gasteiger partial charge in [0.2, 0.25) is 5.91 Å². The van der Waals surface area contributed by atoms with Crippen LogP contribution >= 0.6 is 11.6 Å². The average molecular weight is 289 g/mol. The van der Waals surface area contributed by atoms with Gasteiger partial charge in [0, 0.05) is 18.6 Å². The van der Waals surface area contributed by atoms with Crippen LogP contribution in [0.2, 0.25) is 5.02 Å². The molecule has 104 valence electrons. The second-order valence-corrected chi connectivity index (χ2v) is 5.15. The summed E-state index contributed by atoms with van der Waals surface area (Å²) in [7, 11) is 1.75. The first kappa shape index (κ1) is 14.6. The van der Waals surface area contributed by atoms with Crippen LogP contribution in [-0.2, 0) is 11.3 Å². The highest BCUT2D eigenvalue weighted by Crippen LogP contribution is 2.15. The zero-order valence-electron chi connectivity index (χ0n) is 11.3. The fraction of sp³-hybridized carbons (Fsp3) is 0.188. The minimum atomic E-state index is -0.631. The number of hydrogen-bond donors (Lipinski definition) is 1. The molecule has 0 saturated carbocycles. The predicted octanol–water partition coefficient (Wildman–Crippen LogP) is 3.00. The average Bonchev–Trinajstić information content (AvgIpc) is 2.49. The van der Waals surface area contributed by atoms with E-state index in [4.69, 9.17) is 17.3 Å². The molecule has 1 atom stereocenters. The summed E-state index contributed by atoms with van der Waals surface area (Å²) in [4.78, 5) is 13.9. The van der Waals surface area contributed by atoms with Gasteiger partial charge in [-0.1, -0.05) is 54.1 Å². The largest absolute Gasteiger partial charge is 0.340 e. The lowest BCUT2D eigenvalue weighted by atomic mass is 10.1. The van der Waals surface area contributed by atoms with Gasteiger partial charge in [-0.15, -0.1) is 0 Å². The SMILES string of the molecule is CN(Cc1ccc(Cl)cc1)C(=O)[C@H](N)c1ccccc1. The molecule has 0 bridgehead atoms. The normalized spacial score (nSPS) is 11.9. The van der Waals surface area contributed by atoms with Gasteiger partial charge >= 0.3 is 0 Å². The summed E-state index contributed by atoms with van der Waals surface area (Å²) in [6.45, 7) is 0.510. The van der Waals surface area contributed by atoms with Crippen molar-refractivity contribution in [3.63, 3.8) is 0 Å². The maximum Gasteiger partial charge on any atom is 0.244 e. The number of amides is 1. The van der Waals surface area contributed by atoms with Crippen molar-refractivity contribution in [2.45, 2.75) is 12.6 Å². The molecule has 2 aromatic rings. The van der Waals surface area contributed by atoms with Crippen molar-refractivity contribution in [2.24, 2.45) is 5.73 Å². The Morgan fingerprint density at radius 3 is 2.35 bits per heavy atom. The lowest BCUT2D eigenvalue weighted by Crippen LogP contribution is -2.35. The molecule has 2 rings (SSSR count). The molecule has 0 radical (unpaired) electrons. The second-order valence-electron chi connectivity index (χ2n) is 4.71. The van der Waals surface area contributed by atoms with Crippen molar-refractivity contribution in [3.05, 3.63) is 70.7 Å². The van der Waals surface area contributed by atoms with Crippen molar-refractivity contribution in [3.8, 4) is 0 Å². The molecule has 0 aliphatic carbocycles. The Hall–Kier alpha value is -1.84. The third kappa shape index (κ3) is 3.59. The number of halogens is 1. The highest BCUT2D eigenvalue weighted by Gasteiger charge is 2.19. The van der Waals surface area contributed by atoms with Crippen molar-refractivity contribution in [1.29, 1.82) is 0 Å². The van der Waals surface area contributed by atoms with Crippen LogP contribution in [-0.4, -0.2) is 17.9 Å². The minimum Gasteiger partial charge on any atom is -0.340 e. The highest BCUT2D eigenvalue weighted by atomic mass is 35.5. The molecule has 2 aromatic carbocycles. The van der Waals surface area contributed by atoms with E-state index in [2.05, 4.69) is 0 Å². The third-order valence-electron chi connectivity index (χ3n) is 3.13. The monoisotopic (exact) mass is 288 g/mol. The van der Waals surface area contributed by atoms with E-state index in [1.54, 1.807) is 11.9 Å². The smallest absolute Gasteiger partial charge is 0.244 e. The summed E-state index contributed by atoms with van der Waals surface area (Å²) in [5, 5.41) is 0.684. The summed E-state index contributed by atoms with van der Waals surface area (Å²) in [5.41, 5.74) is 7.84. The number of benzene rings is 2. The zero-order chi connectivity index (χ0) is 14.5. The molecule has 0 spiro atoms. The summed E-state index contributed by atoms with van der Waals surface area (Å²) < 4.78 is 0. The van der Waals surface area contributed by atoms with Gasteiger partial charge in [-0.05, 0) is 23.3 Å². The molecule has 3 nitrogen and oxygen atoms in total. The summed E-state index contributed by atoms with van der Waals surface area (Å²) in [6, 6.07) is 16.2. The van der Waals surface area contributed by atoms with E-state index < -0.39 is 6.04 Å². The zero-order valence-corrected chi connectivity index (χ0v) is 12.0. The van der Waals surface area contributed by atoms with Gasteiger partial charge in [-0.2, -0.15) is 0 Å². The van der Waals surface area contributed by atoms with E-state index in [1.165, 1.54) is 0 Å². The Kier molecular flexibility index (Phi) is 4.77. The van der Waals surface area contributed by atoms with Crippen LogP contribution in [0.1, 0.15) is 17.2 Å². The number of nitrogens with zero attached hydrogens (tertiary/aromatic N) is 1. The van der Waals surface area contributed by atoms with E-state index >= 15 is 0 Å². The van der Waals surface area contributed by atoms with Gasteiger partial charge in [0.25, 0.3) is 0 Å². The standard InChI is InChI=1S/C16H17ClN2O/c1-19(11-12-7-9-14(17)10-8-12)16(20)15(18)13-5-3-2-4-6-13/h2-10,15H,11,18H2,1H3/t15-/m1/s1.